The summed E-state index contributed by atoms with van der Waals surface area (Å²) in [6.45, 7) is 3.25. The van der Waals surface area contributed by atoms with Gasteiger partial charge in [0.25, 0.3) is 0 Å². The van der Waals surface area contributed by atoms with Crippen molar-refractivity contribution in [2.75, 3.05) is 6.54 Å². The Morgan fingerprint density at radius 3 is 2.58 bits per heavy atom. The predicted octanol–water partition coefficient (Wildman–Crippen LogP) is 1.70. The first kappa shape index (κ1) is 8.52. The van der Waals surface area contributed by atoms with Gasteiger partial charge < -0.3 is 10.1 Å². The molecule has 1 N–H and O–H groups in total. The van der Waals surface area contributed by atoms with Gasteiger partial charge >= 0.3 is 0 Å². The van der Waals surface area contributed by atoms with Crippen LogP contribution in [-0.4, -0.2) is 24.8 Å². The Labute approximate surface area is 74.7 Å². The summed E-state index contributed by atoms with van der Waals surface area (Å²) in [5.41, 5.74) is 0. The smallest absolute Gasteiger partial charge is 0.0704 e. The zero-order valence-electron chi connectivity index (χ0n) is 7.88. The quantitative estimate of drug-likeness (QED) is 0.694. The average Bonchev–Trinajstić information content (AvgIpc) is 2.32. The van der Waals surface area contributed by atoms with Crippen molar-refractivity contribution in [3.05, 3.63) is 0 Å². The SMILES string of the molecule is CC1CCC(CNC2CCC2)O1. The molecule has 0 radical (unpaired) electrons. The second-order valence-corrected chi connectivity index (χ2v) is 4.18. The van der Waals surface area contributed by atoms with E-state index < -0.39 is 0 Å². The summed E-state index contributed by atoms with van der Waals surface area (Å²) in [4.78, 5) is 0. The highest BCUT2D eigenvalue weighted by atomic mass is 16.5. The third-order valence-corrected chi connectivity index (χ3v) is 3.06. The molecular weight excluding hydrogens is 150 g/mol. The molecular formula is C10H19NO. The lowest BCUT2D eigenvalue weighted by Crippen LogP contribution is -2.39. The molecule has 1 aliphatic heterocycles. The van der Waals surface area contributed by atoms with Gasteiger partial charge in [0.2, 0.25) is 0 Å². The fourth-order valence-corrected chi connectivity index (χ4v) is 1.95. The van der Waals surface area contributed by atoms with Crippen LogP contribution in [-0.2, 0) is 4.74 Å². The van der Waals surface area contributed by atoms with E-state index in [9.17, 15) is 0 Å². The molecule has 0 amide bonds. The van der Waals surface area contributed by atoms with Gasteiger partial charge in [-0.25, -0.2) is 0 Å². The molecule has 2 aliphatic rings. The molecule has 1 heterocycles. The summed E-state index contributed by atoms with van der Waals surface area (Å²) in [5.74, 6) is 0. The number of ether oxygens (including phenoxy) is 1. The Hall–Kier alpha value is -0.0800. The number of hydrogen-bond acceptors (Lipinski definition) is 2. The van der Waals surface area contributed by atoms with E-state index in [0.717, 1.165) is 12.6 Å². The fraction of sp³-hybridized carbons (Fsp3) is 1.00. The summed E-state index contributed by atoms with van der Waals surface area (Å²) in [6.07, 6.45) is 7.67. The third-order valence-electron chi connectivity index (χ3n) is 3.06. The number of hydrogen-bond donors (Lipinski definition) is 1. The van der Waals surface area contributed by atoms with Gasteiger partial charge in [-0.2, -0.15) is 0 Å². The molecule has 2 rings (SSSR count). The van der Waals surface area contributed by atoms with Crippen LogP contribution in [0.25, 0.3) is 0 Å². The van der Waals surface area contributed by atoms with Gasteiger partial charge in [-0.15, -0.1) is 0 Å². The van der Waals surface area contributed by atoms with Gasteiger partial charge in [0, 0.05) is 12.6 Å². The van der Waals surface area contributed by atoms with Gasteiger partial charge in [0.05, 0.1) is 12.2 Å². The molecule has 0 aromatic heterocycles. The molecule has 2 fully saturated rings. The molecule has 1 saturated heterocycles. The lowest BCUT2D eigenvalue weighted by Gasteiger charge is -2.27. The minimum atomic E-state index is 0.498. The zero-order valence-corrected chi connectivity index (χ0v) is 7.88. The van der Waals surface area contributed by atoms with Crippen LogP contribution in [0, 0.1) is 0 Å². The van der Waals surface area contributed by atoms with Crippen LogP contribution in [0.2, 0.25) is 0 Å². The Bertz CT molecular complexity index is 145. The molecule has 1 aliphatic carbocycles. The van der Waals surface area contributed by atoms with Crippen molar-refractivity contribution in [2.24, 2.45) is 0 Å². The summed E-state index contributed by atoms with van der Waals surface area (Å²) in [6, 6.07) is 0.810. The summed E-state index contributed by atoms with van der Waals surface area (Å²) in [7, 11) is 0. The summed E-state index contributed by atoms with van der Waals surface area (Å²) >= 11 is 0. The van der Waals surface area contributed by atoms with E-state index in [4.69, 9.17) is 4.74 Å². The van der Waals surface area contributed by atoms with Crippen molar-refractivity contribution in [2.45, 2.75) is 57.3 Å². The van der Waals surface area contributed by atoms with E-state index in [1.165, 1.54) is 32.1 Å². The lowest BCUT2D eigenvalue weighted by molar-refractivity contribution is 0.0524. The monoisotopic (exact) mass is 169 g/mol. The maximum absolute atomic E-state index is 5.72. The van der Waals surface area contributed by atoms with Crippen LogP contribution in [0.3, 0.4) is 0 Å². The Morgan fingerprint density at radius 2 is 2.08 bits per heavy atom. The molecule has 0 spiro atoms. The van der Waals surface area contributed by atoms with E-state index >= 15 is 0 Å². The van der Waals surface area contributed by atoms with Crippen molar-refractivity contribution >= 4 is 0 Å². The molecule has 2 atom stereocenters. The second-order valence-electron chi connectivity index (χ2n) is 4.18. The molecule has 1 saturated carbocycles. The topological polar surface area (TPSA) is 21.3 Å². The predicted molar refractivity (Wildman–Crippen MR) is 49.2 cm³/mol. The summed E-state index contributed by atoms with van der Waals surface area (Å²) in [5, 5.41) is 3.56. The minimum absolute atomic E-state index is 0.498. The lowest BCUT2D eigenvalue weighted by atomic mass is 9.93. The van der Waals surface area contributed by atoms with Crippen LogP contribution >= 0.6 is 0 Å². The molecule has 70 valence electrons. The van der Waals surface area contributed by atoms with Gasteiger partial charge in [0.1, 0.15) is 0 Å². The Balaban J connectivity index is 1.60. The molecule has 0 aromatic rings. The van der Waals surface area contributed by atoms with Gasteiger partial charge in [-0.05, 0) is 32.6 Å². The highest BCUT2D eigenvalue weighted by Gasteiger charge is 2.23. The van der Waals surface area contributed by atoms with Crippen molar-refractivity contribution in [1.29, 1.82) is 0 Å². The molecule has 0 aromatic carbocycles. The molecule has 0 bridgehead atoms. The van der Waals surface area contributed by atoms with Crippen molar-refractivity contribution in [3.8, 4) is 0 Å². The zero-order chi connectivity index (χ0) is 8.39. The second kappa shape index (κ2) is 3.75. The maximum atomic E-state index is 5.72. The van der Waals surface area contributed by atoms with Crippen LogP contribution in [0.5, 0.6) is 0 Å². The number of nitrogens with one attached hydrogen (secondary N) is 1. The van der Waals surface area contributed by atoms with E-state index in [1.54, 1.807) is 0 Å². The Kier molecular flexibility index (Phi) is 2.66. The maximum Gasteiger partial charge on any atom is 0.0704 e. The van der Waals surface area contributed by atoms with Gasteiger partial charge in [-0.1, -0.05) is 6.42 Å². The fourth-order valence-electron chi connectivity index (χ4n) is 1.95. The van der Waals surface area contributed by atoms with E-state index in [2.05, 4.69) is 12.2 Å². The first-order valence-electron chi connectivity index (χ1n) is 5.23. The van der Waals surface area contributed by atoms with Crippen LogP contribution < -0.4 is 5.32 Å². The Morgan fingerprint density at radius 1 is 1.25 bits per heavy atom. The molecule has 2 unspecified atom stereocenters. The first-order valence-corrected chi connectivity index (χ1v) is 5.23. The van der Waals surface area contributed by atoms with Gasteiger partial charge in [-0.3, -0.25) is 0 Å². The van der Waals surface area contributed by atoms with E-state index in [0.29, 0.717) is 12.2 Å². The largest absolute Gasteiger partial charge is 0.374 e. The number of rotatable bonds is 3. The van der Waals surface area contributed by atoms with Gasteiger partial charge in [0.15, 0.2) is 0 Å². The summed E-state index contributed by atoms with van der Waals surface area (Å²) < 4.78 is 5.72. The first-order chi connectivity index (χ1) is 5.84. The van der Waals surface area contributed by atoms with E-state index in [1.807, 2.05) is 0 Å². The van der Waals surface area contributed by atoms with Crippen molar-refractivity contribution in [3.63, 3.8) is 0 Å². The highest BCUT2D eigenvalue weighted by Crippen LogP contribution is 2.21. The van der Waals surface area contributed by atoms with Crippen LogP contribution in [0.15, 0.2) is 0 Å². The van der Waals surface area contributed by atoms with Crippen molar-refractivity contribution in [1.82, 2.24) is 5.32 Å². The van der Waals surface area contributed by atoms with Crippen LogP contribution in [0.4, 0.5) is 0 Å². The van der Waals surface area contributed by atoms with E-state index in [-0.39, 0.29) is 0 Å². The standard InChI is InChI=1S/C10H19NO/c1-8-5-6-10(12-8)7-11-9-3-2-4-9/h8-11H,2-7H2,1H3. The normalized spacial score (nSPS) is 36.8. The van der Waals surface area contributed by atoms with Crippen molar-refractivity contribution < 1.29 is 4.74 Å². The molecule has 2 nitrogen and oxygen atoms in total. The average molecular weight is 169 g/mol. The minimum Gasteiger partial charge on any atom is -0.374 e. The highest BCUT2D eigenvalue weighted by molar-refractivity contribution is 4.80. The molecule has 2 heteroatoms. The third kappa shape index (κ3) is 1.99. The molecule has 12 heavy (non-hydrogen) atoms. The van der Waals surface area contributed by atoms with Crippen LogP contribution in [0.1, 0.15) is 39.0 Å².